The van der Waals surface area contributed by atoms with Crippen LogP contribution in [0.2, 0.25) is 0 Å². The normalized spacial score (nSPS) is 16.8. The molecule has 3 unspecified atom stereocenters. The van der Waals surface area contributed by atoms with Gasteiger partial charge in [0, 0.05) is 6.20 Å². The number of hydrogen-bond acceptors (Lipinski definition) is 7. The Kier molecular flexibility index (Phi) is 10.3. The molecule has 0 aromatic carbocycles. The van der Waals surface area contributed by atoms with E-state index in [1.165, 1.54) is 12.3 Å². The summed E-state index contributed by atoms with van der Waals surface area (Å²) >= 11 is 0. The molecule has 4 atom stereocenters. The molecule has 0 spiro atoms. The first-order valence-electron chi connectivity index (χ1n) is 10.8. The van der Waals surface area contributed by atoms with E-state index in [-0.39, 0.29) is 17.9 Å². The first kappa shape index (κ1) is 29.7. The van der Waals surface area contributed by atoms with Gasteiger partial charge >= 0.3 is 6.09 Å². The molecule has 2 amide bonds. The Labute approximate surface area is 198 Å². The smallest absolute Gasteiger partial charge is 0.408 e. The number of pyridine rings is 1. The van der Waals surface area contributed by atoms with Crippen molar-refractivity contribution in [3.63, 3.8) is 0 Å². The number of halogens is 2. The number of nitrogens with zero attached hydrogens (tertiary/aromatic N) is 1. The summed E-state index contributed by atoms with van der Waals surface area (Å²) < 4.78 is 60.1. The summed E-state index contributed by atoms with van der Waals surface area (Å²) in [5.41, 5.74) is -1.69. The number of aliphatic hydroxyl groups is 1. The van der Waals surface area contributed by atoms with E-state index in [1.807, 2.05) is 4.72 Å². The molecular formula is C21H34F2N4O6S. The monoisotopic (exact) mass is 508 g/mol. The molecule has 34 heavy (non-hydrogen) atoms. The van der Waals surface area contributed by atoms with Gasteiger partial charge in [0.05, 0.1) is 30.6 Å². The van der Waals surface area contributed by atoms with Gasteiger partial charge in [-0.15, -0.1) is 0 Å². The number of nitrogens with one attached hydrogen (secondary N) is 3. The number of amides is 2. The summed E-state index contributed by atoms with van der Waals surface area (Å²) in [7, 11) is -2.88. The summed E-state index contributed by atoms with van der Waals surface area (Å²) in [6.07, 6.45) is -1.79. The number of methoxy groups -OCH3 is 1. The van der Waals surface area contributed by atoms with Crippen LogP contribution in [0.15, 0.2) is 24.4 Å². The number of hydrogen-bond donors (Lipinski definition) is 4. The predicted octanol–water partition coefficient (Wildman–Crippen LogP) is 1.51. The van der Waals surface area contributed by atoms with Crippen molar-refractivity contribution in [1.82, 2.24) is 20.3 Å². The van der Waals surface area contributed by atoms with E-state index in [9.17, 15) is 31.9 Å². The number of alkyl halides is 2. The fourth-order valence-corrected chi connectivity index (χ4v) is 4.76. The molecule has 0 aliphatic rings. The summed E-state index contributed by atoms with van der Waals surface area (Å²) in [5, 5.41) is 15.1. The van der Waals surface area contributed by atoms with Crippen LogP contribution in [0.3, 0.4) is 0 Å². The van der Waals surface area contributed by atoms with Crippen LogP contribution in [-0.2, 0) is 25.1 Å². The van der Waals surface area contributed by atoms with Crippen molar-refractivity contribution in [2.75, 3.05) is 12.9 Å². The minimum absolute atomic E-state index is 0.127. The van der Waals surface area contributed by atoms with E-state index < -0.39 is 57.6 Å². The molecule has 1 aromatic heterocycles. The van der Waals surface area contributed by atoms with E-state index in [0.29, 0.717) is 0 Å². The standard InChI is InChI=1S/C21H34F2N4O6S/c1-7-12-34(31,32)27-15(5)21(22,23)17(28)14(4)25-18(29)20(13(2)3,26-19(30)33-6)16-10-8-9-11-24-16/h8-11,13-15,17,27-28H,7,12H2,1-6H3,(H,25,29)(H,26,30)/t14?,15?,17?,20-/m1/s1. The van der Waals surface area contributed by atoms with Crippen molar-refractivity contribution >= 4 is 22.0 Å². The number of ether oxygens (including phenoxy) is 1. The van der Waals surface area contributed by atoms with E-state index in [1.54, 1.807) is 32.9 Å². The van der Waals surface area contributed by atoms with Crippen molar-refractivity contribution in [3.05, 3.63) is 30.1 Å². The average molecular weight is 509 g/mol. The van der Waals surface area contributed by atoms with Crippen molar-refractivity contribution in [1.29, 1.82) is 0 Å². The van der Waals surface area contributed by atoms with Crippen molar-refractivity contribution in [2.24, 2.45) is 5.92 Å². The van der Waals surface area contributed by atoms with Crippen LogP contribution in [0.25, 0.3) is 0 Å². The van der Waals surface area contributed by atoms with E-state index >= 15 is 0 Å². The van der Waals surface area contributed by atoms with Crippen LogP contribution >= 0.6 is 0 Å². The lowest BCUT2D eigenvalue weighted by Crippen LogP contribution is -2.64. The summed E-state index contributed by atoms with van der Waals surface area (Å²) in [6, 6.07) is 1.18. The first-order chi connectivity index (χ1) is 15.7. The molecular weight excluding hydrogens is 474 g/mol. The zero-order valence-corrected chi connectivity index (χ0v) is 20.9. The van der Waals surface area contributed by atoms with Gasteiger partial charge in [-0.2, -0.15) is 0 Å². The van der Waals surface area contributed by atoms with Crippen LogP contribution < -0.4 is 15.4 Å². The van der Waals surface area contributed by atoms with Gasteiger partial charge in [0.2, 0.25) is 10.0 Å². The first-order valence-corrected chi connectivity index (χ1v) is 12.4. The Morgan fingerprint density at radius 1 is 1.21 bits per heavy atom. The molecule has 1 heterocycles. The summed E-state index contributed by atoms with van der Waals surface area (Å²) in [4.78, 5) is 29.6. The SMILES string of the molecule is CCCS(=O)(=O)NC(C)C(F)(F)C(O)C(C)NC(=O)[C@](NC(=O)OC)(c1ccccn1)C(C)C. The van der Waals surface area contributed by atoms with Crippen LogP contribution in [-0.4, -0.2) is 67.5 Å². The van der Waals surface area contributed by atoms with Crippen LogP contribution in [0, 0.1) is 5.92 Å². The number of aliphatic hydroxyl groups excluding tert-OH is 1. The van der Waals surface area contributed by atoms with Gasteiger partial charge in [-0.05, 0) is 38.3 Å². The fraction of sp³-hybridized carbons (Fsp3) is 0.667. The molecule has 4 N–H and O–H groups in total. The second kappa shape index (κ2) is 11.8. The minimum Gasteiger partial charge on any atom is -0.453 e. The zero-order valence-electron chi connectivity index (χ0n) is 20.1. The maximum Gasteiger partial charge on any atom is 0.408 e. The number of carbonyl (C=O) groups is 2. The molecule has 194 valence electrons. The molecule has 1 rings (SSSR count). The second-order valence-electron chi connectivity index (χ2n) is 8.33. The lowest BCUT2D eigenvalue weighted by atomic mass is 9.81. The van der Waals surface area contributed by atoms with E-state index in [2.05, 4.69) is 20.4 Å². The van der Waals surface area contributed by atoms with Crippen LogP contribution in [0.5, 0.6) is 0 Å². The third-order valence-corrected chi connectivity index (χ3v) is 7.07. The third kappa shape index (κ3) is 6.83. The molecule has 0 aliphatic heterocycles. The quantitative estimate of drug-likeness (QED) is 0.335. The highest BCUT2D eigenvalue weighted by Crippen LogP contribution is 2.31. The highest BCUT2D eigenvalue weighted by molar-refractivity contribution is 7.89. The Bertz CT molecular complexity index is 932. The Balaban J connectivity index is 3.24. The molecule has 10 nitrogen and oxygen atoms in total. The van der Waals surface area contributed by atoms with E-state index in [0.717, 1.165) is 21.0 Å². The van der Waals surface area contributed by atoms with Gasteiger partial charge < -0.3 is 20.5 Å². The minimum atomic E-state index is -3.98. The fourth-order valence-electron chi connectivity index (χ4n) is 3.41. The highest BCUT2D eigenvalue weighted by atomic mass is 32.2. The van der Waals surface area contributed by atoms with Gasteiger partial charge in [-0.1, -0.05) is 26.8 Å². The molecule has 0 aliphatic carbocycles. The van der Waals surface area contributed by atoms with E-state index in [4.69, 9.17) is 0 Å². The molecule has 0 saturated heterocycles. The highest BCUT2D eigenvalue weighted by Gasteiger charge is 2.51. The molecule has 1 aromatic rings. The van der Waals surface area contributed by atoms with Gasteiger partial charge in [-0.25, -0.2) is 26.7 Å². The molecule has 0 bridgehead atoms. The van der Waals surface area contributed by atoms with Gasteiger partial charge in [-0.3, -0.25) is 9.78 Å². The number of rotatable bonds is 12. The van der Waals surface area contributed by atoms with Crippen molar-refractivity contribution in [3.8, 4) is 0 Å². The Hall–Kier alpha value is -2.38. The number of alkyl carbamates (subject to hydrolysis) is 1. The lowest BCUT2D eigenvalue weighted by molar-refractivity contribution is -0.145. The maximum atomic E-state index is 14.9. The van der Waals surface area contributed by atoms with Gasteiger partial charge in [0.15, 0.2) is 5.54 Å². The topological polar surface area (TPSA) is 147 Å². The number of aromatic nitrogens is 1. The van der Waals surface area contributed by atoms with Gasteiger partial charge in [0.1, 0.15) is 6.10 Å². The molecule has 0 saturated carbocycles. The maximum absolute atomic E-state index is 14.9. The predicted molar refractivity (Wildman–Crippen MR) is 122 cm³/mol. The summed E-state index contributed by atoms with van der Waals surface area (Å²) in [6.45, 7) is 6.88. The van der Waals surface area contributed by atoms with Crippen molar-refractivity contribution in [2.45, 2.75) is 70.7 Å². The number of sulfonamides is 1. The Morgan fingerprint density at radius 3 is 2.29 bits per heavy atom. The zero-order chi connectivity index (χ0) is 26.3. The third-order valence-electron chi connectivity index (χ3n) is 5.41. The molecule has 0 fully saturated rings. The number of carbonyl (C=O) groups excluding carboxylic acids is 2. The molecule has 13 heteroatoms. The van der Waals surface area contributed by atoms with Gasteiger partial charge in [0.25, 0.3) is 11.8 Å². The molecule has 0 radical (unpaired) electrons. The van der Waals surface area contributed by atoms with Crippen molar-refractivity contribution < 1.29 is 36.6 Å². The lowest BCUT2D eigenvalue weighted by Gasteiger charge is -2.38. The second-order valence-corrected chi connectivity index (χ2v) is 10.2. The average Bonchev–Trinajstić information content (AvgIpc) is 2.76. The summed E-state index contributed by atoms with van der Waals surface area (Å²) in [5.74, 6) is -5.82. The van der Waals surface area contributed by atoms with Crippen LogP contribution in [0.1, 0.15) is 46.7 Å². The largest absolute Gasteiger partial charge is 0.453 e. The Morgan fingerprint density at radius 2 is 1.82 bits per heavy atom. The van der Waals surface area contributed by atoms with Crippen LogP contribution in [0.4, 0.5) is 13.6 Å².